The second-order valence-corrected chi connectivity index (χ2v) is 5.95. The van der Waals surface area contributed by atoms with Crippen LogP contribution in [0.3, 0.4) is 0 Å². The zero-order valence-corrected chi connectivity index (χ0v) is 13.1. The van der Waals surface area contributed by atoms with E-state index in [0.29, 0.717) is 6.42 Å². The first kappa shape index (κ1) is 16.2. The van der Waals surface area contributed by atoms with E-state index in [2.05, 4.69) is 10.3 Å². The van der Waals surface area contributed by atoms with Crippen LogP contribution in [0.15, 0.2) is 35.7 Å². The molecule has 1 aromatic heterocycles. The molecular weight excluding hydrogens is 300 g/mol. The number of nitrogens with one attached hydrogen (secondary N) is 1. The van der Waals surface area contributed by atoms with Crippen LogP contribution in [-0.4, -0.2) is 28.0 Å². The highest BCUT2D eigenvalue weighted by atomic mass is 32.1. The van der Waals surface area contributed by atoms with Gasteiger partial charge in [0.05, 0.1) is 12.1 Å². The number of hydrogen-bond acceptors (Lipinski definition) is 4. The van der Waals surface area contributed by atoms with Gasteiger partial charge in [0.2, 0.25) is 5.91 Å². The van der Waals surface area contributed by atoms with Crippen molar-refractivity contribution in [3.8, 4) is 10.6 Å². The Morgan fingerprint density at radius 1 is 1.32 bits per heavy atom. The fraction of sp³-hybridized carbons (Fsp3) is 0.312. The van der Waals surface area contributed by atoms with E-state index in [1.165, 1.54) is 11.3 Å². The molecule has 0 saturated carbocycles. The lowest BCUT2D eigenvalue weighted by Crippen LogP contribution is -2.34. The molecule has 0 aliphatic carbocycles. The number of hydrogen-bond donors (Lipinski definition) is 2. The van der Waals surface area contributed by atoms with Gasteiger partial charge in [-0.2, -0.15) is 0 Å². The van der Waals surface area contributed by atoms with Crippen molar-refractivity contribution >= 4 is 23.2 Å². The first-order valence-corrected chi connectivity index (χ1v) is 7.93. The summed E-state index contributed by atoms with van der Waals surface area (Å²) in [6, 6.07) is 9.66. The molecule has 2 rings (SSSR count). The van der Waals surface area contributed by atoms with Crippen LogP contribution in [0, 0.1) is 0 Å². The number of carbonyl (C=O) groups is 2. The minimum Gasteiger partial charge on any atom is -0.481 e. The summed E-state index contributed by atoms with van der Waals surface area (Å²) in [5.74, 6) is -0.990. The Kier molecular flexibility index (Phi) is 5.66. The Hall–Kier alpha value is -2.21. The van der Waals surface area contributed by atoms with Crippen LogP contribution in [0.2, 0.25) is 0 Å². The highest BCUT2D eigenvalue weighted by Crippen LogP contribution is 2.23. The maximum Gasteiger partial charge on any atom is 0.303 e. The first-order chi connectivity index (χ1) is 10.5. The fourth-order valence-corrected chi connectivity index (χ4v) is 2.83. The third kappa shape index (κ3) is 4.96. The molecule has 2 aromatic rings. The second kappa shape index (κ2) is 7.70. The molecule has 0 fully saturated rings. The van der Waals surface area contributed by atoms with Gasteiger partial charge in [-0.25, -0.2) is 4.98 Å². The molecule has 0 saturated heterocycles. The number of aliphatic carboxylic acids is 1. The van der Waals surface area contributed by atoms with Crippen molar-refractivity contribution in [2.24, 2.45) is 0 Å². The van der Waals surface area contributed by atoms with Crippen molar-refractivity contribution in [1.29, 1.82) is 0 Å². The van der Waals surface area contributed by atoms with Gasteiger partial charge in [0.1, 0.15) is 5.01 Å². The first-order valence-electron chi connectivity index (χ1n) is 7.05. The van der Waals surface area contributed by atoms with E-state index in [0.717, 1.165) is 16.3 Å². The molecule has 0 radical (unpaired) electrons. The van der Waals surface area contributed by atoms with E-state index < -0.39 is 5.97 Å². The number of carboxylic acids is 1. The maximum atomic E-state index is 11.9. The summed E-state index contributed by atoms with van der Waals surface area (Å²) in [6.45, 7) is 1.80. The number of rotatable bonds is 7. The number of aromatic nitrogens is 1. The van der Waals surface area contributed by atoms with Crippen molar-refractivity contribution in [3.05, 3.63) is 41.4 Å². The Bertz CT molecular complexity index is 640. The molecule has 0 bridgehead atoms. The van der Waals surface area contributed by atoms with Gasteiger partial charge in [0.15, 0.2) is 0 Å². The molecule has 1 atom stereocenters. The van der Waals surface area contributed by atoms with E-state index >= 15 is 0 Å². The van der Waals surface area contributed by atoms with E-state index in [1.807, 2.05) is 35.7 Å². The van der Waals surface area contributed by atoms with Gasteiger partial charge >= 0.3 is 5.97 Å². The van der Waals surface area contributed by atoms with Crippen LogP contribution in [0.1, 0.15) is 25.5 Å². The highest BCUT2D eigenvalue weighted by Gasteiger charge is 2.12. The molecule has 5 nitrogen and oxygen atoms in total. The van der Waals surface area contributed by atoms with Gasteiger partial charge in [0.25, 0.3) is 0 Å². The number of nitrogens with zero attached hydrogens (tertiary/aromatic N) is 1. The van der Waals surface area contributed by atoms with Crippen molar-refractivity contribution in [2.45, 2.75) is 32.2 Å². The molecule has 1 heterocycles. The summed E-state index contributed by atoms with van der Waals surface area (Å²) < 4.78 is 0. The standard InChI is InChI=1S/C16H18N2O3S/c1-11(7-8-15(20)21)17-14(19)9-13-10-22-16(18-13)12-5-3-2-4-6-12/h2-6,10-11H,7-9H2,1H3,(H,17,19)(H,20,21). The van der Waals surface area contributed by atoms with Crippen LogP contribution < -0.4 is 5.32 Å². The Morgan fingerprint density at radius 2 is 2.05 bits per heavy atom. The van der Waals surface area contributed by atoms with E-state index in [4.69, 9.17) is 5.11 Å². The summed E-state index contributed by atoms with van der Waals surface area (Å²) in [5.41, 5.74) is 1.76. The minimum atomic E-state index is -0.854. The lowest BCUT2D eigenvalue weighted by molar-refractivity contribution is -0.137. The lowest BCUT2D eigenvalue weighted by Gasteiger charge is -2.11. The molecule has 0 spiro atoms. The molecule has 1 unspecified atom stereocenters. The minimum absolute atomic E-state index is 0.0519. The number of amides is 1. The van der Waals surface area contributed by atoms with Crippen molar-refractivity contribution < 1.29 is 14.7 Å². The average Bonchev–Trinajstić information content (AvgIpc) is 2.94. The summed E-state index contributed by atoms with van der Waals surface area (Å²) in [4.78, 5) is 26.9. The zero-order chi connectivity index (χ0) is 15.9. The van der Waals surface area contributed by atoms with E-state index in [-0.39, 0.29) is 24.8 Å². The zero-order valence-electron chi connectivity index (χ0n) is 12.3. The smallest absolute Gasteiger partial charge is 0.303 e. The van der Waals surface area contributed by atoms with Crippen LogP contribution in [0.25, 0.3) is 10.6 Å². The third-order valence-electron chi connectivity index (χ3n) is 3.11. The molecule has 1 aromatic carbocycles. The van der Waals surface area contributed by atoms with Gasteiger partial charge < -0.3 is 10.4 Å². The van der Waals surface area contributed by atoms with Gasteiger partial charge in [-0.05, 0) is 13.3 Å². The summed E-state index contributed by atoms with van der Waals surface area (Å²) >= 11 is 1.51. The summed E-state index contributed by atoms with van der Waals surface area (Å²) in [7, 11) is 0. The monoisotopic (exact) mass is 318 g/mol. The van der Waals surface area contributed by atoms with Gasteiger partial charge in [-0.15, -0.1) is 11.3 Å². The molecule has 116 valence electrons. The summed E-state index contributed by atoms with van der Waals surface area (Å²) in [5, 5.41) is 14.2. The topological polar surface area (TPSA) is 79.3 Å². The predicted octanol–water partition coefficient (Wildman–Crippen LogP) is 2.72. The van der Waals surface area contributed by atoms with Crippen LogP contribution >= 0.6 is 11.3 Å². The number of carboxylic acid groups (broad SMARTS) is 1. The lowest BCUT2D eigenvalue weighted by atomic mass is 10.2. The normalized spacial score (nSPS) is 11.9. The van der Waals surface area contributed by atoms with Crippen molar-refractivity contribution in [2.75, 3.05) is 0 Å². The highest BCUT2D eigenvalue weighted by molar-refractivity contribution is 7.13. The Morgan fingerprint density at radius 3 is 2.73 bits per heavy atom. The Balaban J connectivity index is 1.87. The molecule has 0 aliphatic heterocycles. The molecule has 1 amide bonds. The van der Waals surface area contributed by atoms with Gasteiger partial charge in [0, 0.05) is 23.4 Å². The predicted molar refractivity (Wildman–Crippen MR) is 85.7 cm³/mol. The van der Waals surface area contributed by atoms with Crippen molar-refractivity contribution in [3.63, 3.8) is 0 Å². The average molecular weight is 318 g/mol. The maximum absolute atomic E-state index is 11.9. The largest absolute Gasteiger partial charge is 0.481 e. The number of benzene rings is 1. The third-order valence-corrected chi connectivity index (χ3v) is 4.05. The van der Waals surface area contributed by atoms with E-state index in [9.17, 15) is 9.59 Å². The Labute approximate surface area is 133 Å². The molecule has 2 N–H and O–H groups in total. The van der Waals surface area contributed by atoms with Crippen LogP contribution in [0.5, 0.6) is 0 Å². The van der Waals surface area contributed by atoms with Gasteiger partial charge in [-0.3, -0.25) is 9.59 Å². The summed E-state index contributed by atoms with van der Waals surface area (Å²) in [6.07, 6.45) is 0.685. The SMILES string of the molecule is CC(CCC(=O)O)NC(=O)Cc1csc(-c2ccccc2)n1. The second-order valence-electron chi connectivity index (χ2n) is 5.09. The fourth-order valence-electron chi connectivity index (χ4n) is 2.00. The number of carbonyl (C=O) groups excluding carboxylic acids is 1. The molecular formula is C16H18N2O3S. The molecule has 0 aliphatic rings. The van der Waals surface area contributed by atoms with Crippen molar-refractivity contribution in [1.82, 2.24) is 10.3 Å². The molecule has 6 heteroatoms. The van der Waals surface area contributed by atoms with Gasteiger partial charge in [-0.1, -0.05) is 30.3 Å². The quantitative estimate of drug-likeness (QED) is 0.822. The van der Waals surface area contributed by atoms with E-state index in [1.54, 1.807) is 6.92 Å². The number of thiazole rings is 1. The van der Waals surface area contributed by atoms with Crippen LogP contribution in [-0.2, 0) is 16.0 Å². The van der Waals surface area contributed by atoms with Crippen LogP contribution in [0.4, 0.5) is 0 Å². The molecule has 22 heavy (non-hydrogen) atoms.